The molecule has 0 saturated carbocycles. The van der Waals surface area contributed by atoms with Gasteiger partial charge >= 0.3 is 6.09 Å². The molecule has 2 rings (SSSR count). The van der Waals surface area contributed by atoms with Crippen LogP contribution < -0.4 is 4.74 Å². The molecule has 1 aromatic carbocycles. The number of piperidine rings is 1. The Hall–Kier alpha value is -1.78. The fraction of sp³-hybridized carbons (Fsp3) is 0.720. The van der Waals surface area contributed by atoms with Gasteiger partial charge in [0.05, 0.1) is 6.61 Å². The van der Waals surface area contributed by atoms with Gasteiger partial charge in [0.15, 0.2) is 0 Å². The number of ether oxygens (including phenoxy) is 1. The lowest BCUT2D eigenvalue weighted by molar-refractivity contribution is 0.0299. The predicted molar refractivity (Wildman–Crippen MR) is 120 cm³/mol. The van der Waals surface area contributed by atoms with Crippen molar-refractivity contribution in [3.05, 3.63) is 29.1 Å². The van der Waals surface area contributed by atoms with Gasteiger partial charge in [0, 0.05) is 23.7 Å². The van der Waals surface area contributed by atoms with Crippen molar-refractivity contribution in [2.24, 2.45) is 11.3 Å². The molecule has 0 aromatic heterocycles. The first-order valence-electron chi connectivity index (χ1n) is 11.0. The number of amides is 1. The van der Waals surface area contributed by atoms with E-state index < -0.39 is 6.09 Å². The summed E-state index contributed by atoms with van der Waals surface area (Å²) >= 11 is 0. The van der Waals surface area contributed by atoms with Crippen LogP contribution in [0.4, 0.5) is 9.18 Å². The van der Waals surface area contributed by atoms with E-state index in [0.29, 0.717) is 13.2 Å². The van der Waals surface area contributed by atoms with Crippen LogP contribution in [0, 0.1) is 17.2 Å². The van der Waals surface area contributed by atoms with E-state index in [-0.39, 0.29) is 34.0 Å². The molecule has 0 spiro atoms. The number of hydrogen-bond donors (Lipinski definition) is 1. The van der Waals surface area contributed by atoms with Crippen molar-refractivity contribution in [3.8, 4) is 5.75 Å². The van der Waals surface area contributed by atoms with Crippen molar-refractivity contribution in [3.63, 3.8) is 0 Å². The van der Waals surface area contributed by atoms with Crippen molar-refractivity contribution in [1.29, 1.82) is 0 Å². The Morgan fingerprint density at radius 1 is 1.07 bits per heavy atom. The van der Waals surface area contributed by atoms with Gasteiger partial charge in [-0.05, 0) is 47.1 Å². The Bertz CT molecular complexity index is 733. The molecule has 1 saturated heterocycles. The average molecular weight is 422 g/mol. The summed E-state index contributed by atoms with van der Waals surface area (Å²) in [5.41, 5.74) is 1.11. The van der Waals surface area contributed by atoms with Gasteiger partial charge in [-0.3, -0.25) is 0 Å². The van der Waals surface area contributed by atoms with Crippen LogP contribution in [0.5, 0.6) is 5.75 Å². The van der Waals surface area contributed by atoms with Crippen LogP contribution in [-0.2, 0) is 10.8 Å². The average Bonchev–Trinajstić information content (AvgIpc) is 2.57. The first-order valence-corrected chi connectivity index (χ1v) is 11.0. The molecule has 1 aromatic rings. The zero-order chi connectivity index (χ0) is 23.1. The summed E-state index contributed by atoms with van der Waals surface area (Å²) < 4.78 is 20.9. The maximum atomic E-state index is 14.4. The van der Waals surface area contributed by atoms with Crippen LogP contribution >= 0.6 is 0 Å². The summed E-state index contributed by atoms with van der Waals surface area (Å²) in [6.07, 6.45) is 0.695. The van der Waals surface area contributed by atoms with E-state index in [1.165, 1.54) is 0 Å². The second-order valence-electron chi connectivity index (χ2n) is 11.9. The smallest absolute Gasteiger partial charge is 0.407 e. The van der Waals surface area contributed by atoms with Crippen LogP contribution in [0.15, 0.2) is 12.1 Å². The number of hydrogen-bond acceptors (Lipinski definition) is 2. The van der Waals surface area contributed by atoms with E-state index in [2.05, 4.69) is 62.3 Å². The zero-order valence-electron chi connectivity index (χ0n) is 20.2. The van der Waals surface area contributed by atoms with E-state index in [1.54, 1.807) is 17.0 Å². The summed E-state index contributed by atoms with van der Waals surface area (Å²) in [5, 5.41) is 9.60. The van der Waals surface area contributed by atoms with E-state index in [9.17, 15) is 14.3 Å². The molecular weight excluding hydrogens is 381 g/mol. The second-order valence-corrected chi connectivity index (χ2v) is 11.9. The summed E-state index contributed by atoms with van der Waals surface area (Å²) in [6, 6.07) is 3.14. The Balaban J connectivity index is 2.32. The molecule has 1 aliphatic heterocycles. The molecule has 1 fully saturated rings. The lowest BCUT2D eigenvalue weighted by atomic mass is 9.77. The fourth-order valence-corrected chi connectivity index (χ4v) is 4.30. The van der Waals surface area contributed by atoms with Gasteiger partial charge in [-0.15, -0.1) is 0 Å². The lowest BCUT2D eigenvalue weighted by Crippen LogP contribution is -2.52. The number of benzene rings is 1. The largest absolute Gasteiger partial charge is 0.493 e. The van der Waals surface area contributed by atoms with E-state index in [1.807, 2.05) is 0 Å². The summed E-state index contributed by atoms with van der Waals surface area (Å²) in [7, 11) is 0. The molecule has 0 bridgehead atoms. The number of carbonyl (C=O) groups is 1. The molecule has 170 valence electrons. The van der Waals surface area contributed by atoms with Gasteiger partial charge in [0.1, 0.15) is 11.6 Å². The maximum absolute atomic E-state index is 14.4. The monoisotopic (exact) mass is 421 g/mol. The minimum absolute atomic E-state index is 0.0465. The molecule has 1 aliphatic rings. The molecule has 2 atom stereocenters. The first kappa shape index (κ1) is 24.5. The fourth-order valence-electron chi connectivity index (χ4n) is 4.30. The highest BCUT2D eigenvalue weighted by atomic mass is 19.1. The molecular formula is C25H40FNO3. The molecule has 0 radical (unpaired) electrons. The summed E-state index contributed by atoms with van der Waals surface area (Å²) in [4.78, 5) is 13.3. The van der Waals surface area contributed by atoms with Crippen molar-refractivity contribution < 1.29 is 19.0 Å². The molecule has 4 nitrogen and oxygen atoms in total. The van der Waals surface area contributed by atoms with Gasteiger partial charge in [-0.2, -0.15) is 0 Å². The van der Waals surface area contributed by atoms with E-state index >= 15 is 0 Å². The molecule has 0 aliphatic carbocycles. The number of rotatable bonds is 3. The van der Waals surface area contributed by atoms with Crippen molar-refractivity contribution in [2.75, 3.05) is 13.2 Å². The number of nitrogens with zero attached hydrogens (tertiary/aromatic N) is 1. The number of carboxylic acid groups (broad SMARTS) is 1. The van der Waals surface area contributed by atoms with Crippen LogP contribution in [0.2, 0.25) is 0 Å². The van der Waals surface area contributed by atoms with Gasteiger partial charge < -0.3 is 14.7 Å². The SMILES string of the molecule is CC(C)(C)c1cc(F)cc(C(C)(C)C)c1OCC1CCN(C(=O)O)C(C(C)(C)C)C1. The van der Waals surface area contributed by atoms with Gasteiger partial charge in [-0.25, -0.2) is 9.18 Å². The highest BCUT2D eigenvalue weighted by molar-refractivity contribution is 5.65. The quantitative estimate of drug-likeness (QED) is 0.598. The Morgan fingerprint density at radius 2 is 1.57 bits per heavy atom. The Kier molecular flexibility index (Phi) is 6.85. The van der Waals surface area contributed by atoms with Crippen LogP contribution in [0.25, 0.3) is 0 Å². The molecule has 5 heteroatoms. The molecule has 2 unspecified atom stereocenters. The molecule has 1 heterocycles. The number of likely N-dealkylation sites (tertiary alicyclic amines) is 1. The van der Waals surface area contributed by atoms with Crippen LogP contribution in [0.1, 0.15) is 86.3 Å². The molecule has 1 amide bonds. The maximum Gasteiger partial charge on any atom is 0.407 e. The Morgan fingerprint density at radius 3 is 1.97 bits per heavy atom. The first-order chi connectivity index (χ1) is 13.5. The van der Waals surface area contributed by atoms with E-state index in [4.69, 9.17) is 4.74 Å². The van der Waals surface area contributed by atoms with Crippen molar-refractivity contribution >= 4 is 6.09 Å². The minimum atomic E-state index is -0.849. The lowest BCUT2D eigenvalue weighted by Gasteiger charge is -2.44. The normalized spacial score (nSPS) is 20.9. The Labute approximate surface area is 181 Å². The standard InChI is InChI=1S/C25H40FNO3/c1-23(2,3)18-13-17(26)14-19(24(4,5)6)21(18)30-15-16-10-11-27(22(28)29)20(12-16)25(7,8)9/h13-14,16,20H,10-12,15H2,1-9H3,(H,28,29). The predicted octanol–water partition coefficient (Wildman–Crippen LogP) is 6.60. The third-order valence-electron chi connectivity index (χ3n) is 6.09. The van der Waals surface area contributed by atoms with Gasteiger partial charge in [-0.1, -0.05) is 62.3 Å². The molecule has 30 heavy (non-hydrogen) atoms. The van der Waals surface area contributed by atoms with Crippen molar-refractivity contribution in [2.45, 2.75) is 92.0 Å². The zero-order valence-corrected chi connectivity index (χ0v) is 20.2. The molecule has 1 N–H and O–H groups in total. The topological polar surface area (TPSA) is 49.8 Å². The van der Waals surface area contributed by atoms with E-state index in [0.717, 1.165) is 29.7 Å². The van der Waals surface area contributed by atoms with Gasteiger partial charge in [0.2, 0.25) is 0 Å². The second kappa shape index (κ2) is 8.39. The minimum Gasteiger partial charge on any atom is -0.493 e. The van der Waals surface area contributed by atoms with Crippen LogP contribution in [-0.4, -0.2) is 35.3 Å². The third-order valence-corrected chi connectivity index (χ3v) is 6.09. The third kappa shape index (κ3) is 5.67. The van der Waals surface area contributed by atoms with Gasteiger partial charge in [0.25, 0.3) is 0 Å². The van der Waals surface area contributed by atoms with Crippen molar-refractivity contribution in [1.82, 2.24) is 4.90 Å². The summed E-state index contributed by atoms with van der Waals surface area (Å²) in [5.74, 6) is 0.805. The highest BCUT2D eigenvalue weighted by Gasteiger charge is 2.39. The van der Waals surface area contributed by atoms with Crippen LogP contribution in [0.3, 0.4) is 0 Å². The highest BCUT2D eigenvalue weighted by Crippen LogP contribution is 2.41. The number of halogens is 1. The summed E-state index contributed by atoms with van der Waals surface area (Å²) in [6.45, 7) is 19.7.